The van der Waals surface area contributed by atoms with E-state index in [9.17, 15) is 0 Å². The van der Waals surface area contributed by atoms with Gasteiger partial charge in [0.2, 0.25) is 0 Å². The van der Waals surface area contributed by atoms with Crippen LogP contribution in [0.25, 0.3) is 0 Å². The second kappa shape index (κ2) is 7.14. The second-order valence-electron chi connectivity index (χ2n) is 4.73. The van der Waals surface area contributed by atoms with Crippen LogP contribution >= 0.6 is 11.8 Å². The molecule has 2 rings (SSSR count). The van der Waals surface area contributed by atoms with Gasteiger partial charge in [0.1, 0.15) is 0 Å². The lowest BCUT2D eigenvalue weighted by atomic mass is 10.1. The van der Waals surface area contributed by atoms with E-state index >= 15 is 0 Å². The van der Waals surface area contributed by atoms with Crippen molar-refractivity contribution in [3.63, 3.8) is 0 Å². The van der Waals surface area contributed by atoms with E-state index in [4.69, 9.17) is 10.5 Å². The van der Waals surface area contributed by atoms with Crippen LogP contribution in [0.15, 0.2) is 35.2 Å². The molecule has 0 spiro atoms. The fourth-order valence-electron chi connectivity index (χ4n) is 2.06. The van der Waals surface area contributed by atoms with Crippen LogP contribution in [0.2, 0.25) is 0 Å². The average Bonchev–Trinajstić information content (AvgIpc) is 2.40. The maximum atomic E-state index is 5.89. The van der Waals surface area contributed by atoms with Gasteiger partial charge in [-0.05, 0) is 19.1 Å². The summed E-state index contributed by atoms with van der Waals surface area (Å²) < 4.78 is 5.66. The Morgan fingerprint density at radius 3 is 2.94 bits per heavy atom. The van der Waals surface area contributed by atoms with E-state index in [1.165, 1.54) is 4.90 Å². The molecule has 18 heavy (non-hydrogen) atoms. The summed E-state index contributed by atoms with van der Waals surface area (Å²) in [5.74, 6) is 1.12. The number of nitrogens with zero attached hydrogens (tertiary/aromatic N) is 1. The number of benzene rings is 1. The molecule has 1 fully saturated rings. The summed E-state index contributed by atoms with van der Waals surface area (Å²) in [7, 11) is 0. The largest absolute Gasteiger partial charge is 0.374 e. The van der Waals surface area contributed by atoms with Gasteiger partial charge in [-0.25, -0.2) is 0 Å². The highest BCUT2D eigenvalue weighted by Gasteiger charge is 2.22. The van der Waals surface area contributed by atoms with Gasteiger partial charge in [-0.2, -0.15) is 0 Å². The van der Waals surface area contributed by atoms with Crippen LogP contribution in [-0.2, 0) is 4.74 Å². The number of hydrogen-bond acceptors (Lipinski definition) is 4. The van der Waals surface area contributed by atoms with Crippen molar-refractivity contribution in [1.82, 2.24) is 4.90 Å². The highest BCUT2D eigenvalue weighted by molar-refractivity contribution is 7.99. The van der Waals surface area contributed by atoms with Crippen LogP contribution in [0.5, 0.6) is 0 Å². The lowest BCUT2D eigenvalue weighted by molar-refractivity contribution is -0.0355. The summed E-state index contributed by atoms with van der Waals surface area (Å²) in [6.07, 6.45) is 0.195. The van der Waals surface area contributed by atoms with Crippen molar-refractivity contribution in [2.75, 3.05) is 32.0 Å². The number of hydrogen-bond donors (Lipinski definition) is 1. The number of morpholine rings is 1. The van der Waals surface area contributed by atoms with Gasteiger partial charge in [-0.15, -0.1) is 11.8 Å². The Morgan fingerprint density at radius 2 is 2.22 bits per heavy atom. The highest BCUT2D eigenvalue weighted by Crippen LogP contribution is 2.17. The van der Waals surface area contributed by atoms with Crippen LogP contribution in [0.1, 0.15) is 6.92 Å². The van der Waals surface area contributed by atoms with Gasteiger partial charge in [0, 0.05) is 36.3 Å². The Labute approximate surface area is 114 Å². The molecule has 4 heteroatoms. The van der Waals surface area contributed by atoms with Crippen LogP contribution in [0.3, 0.4) is 0 Å². The summed E-state index contributed by atoms with van der Waals surface area (Å²) >= 11 is 1.91. The molecule has 100 valence electrons. The number of rotatable bonds is 5. The summed E-state index contributed by atoms with van der Waals surface area (Å²) in [6, 6.07) is 10.7. The molecule has 3 nitrogen and oxygen atoms in total. The van der Waals surface area contributed by atoms with Crippen molar-refractivity contribution in [1.29, 1.82) is 0 Å². The maximum absolute atomic E-state index is 5.89. The van der Waals surface area contributed by atoms with Crippen LogP contribution in [0, 0.1) is 0 Å². The van der Waals surface area contributed by atoms with Gasteiger partial charge in [0.05, 0.1) is 12.7 Å². The average molecular weight is 266 g/mol. The minimum atomic E-state index is 0.120. The van der Waals surface area contributed by atoms with E-state index in [2.05, 4.69) is 35.2 Å². The molecule has 1 heterocycles. The standard InChI is InChI=1S/C14H22N2OS/c1-12(15)14-11-16(7-9-17-14)8-10-18-13-5-3-2-4-6-13/h2-6,12,14H,7-11,15H2,1H3. The number of thioether (sulfide) groups is 1. The number of ether oxygens (including phenoxy) is 1. The van der Waals surface area contributed by atoms with E-state index in [0.717, 1.165) is 32.0 Å². The molecule has 1 aromatic carbocycles. The third-order valence-corrected chi connectivity index (χ3v) is 4.18. The van der Waals surface area contributed by atoms with Crippen molar-refractivity contribution < 1.29 is 4.74 Å². The van der Waals surface area contributed by atoms with Crippen LogP contribution in [0.4, 0.5) is 0 Å². The molecular formula is C14H22N2OS. The Bertz CT molecular complexity index is 345. The zero-order valence-electron chi connectivity index (χ0n) is 10.9. The second-order valence-corrected chi connectivity index (χ2v) is 5.90. The molecule has 1 aliphatic heterocycles. The predicted octanol–water partition coefficient (Wildman–Crippen LogP) is 1.83. The Balaban J connectivity index is 1.70. The van der Waals surface area contributed by atoms with Gasteiger partial charge in [-0.1, -0.05) is 18.2 Å². The predicted molar refractivity (Wildman–Crippen MR) is 77.0 cm³/mol. The smallest absolute Gasteiger partial charge is 0.0850 e. The topological polar surface area (TPSA) is 38.5 Å². The van der Waals surface area contributed by atoms with Gasteiger partial charge in [-0.3, -0.25) is 4.90 Å². The quantitative estimate of drug-likeness (QED) is 0.825. The van der Waals surface area contributed by atoms with Gasteiger partial charge in [0.25, 0.3) is 0 Å². The van der Waals surface area contributed by atoms with Gasteiger partial charge >= 0.3 is 0 Å². The molecule has 0 amide bonds. The first kappa shape index (κ1) is 13.9. The molecule has 1 saturated heterocycles. The Kier molecular flexibility index (Phi) is 5.50. The lowest BCUT2D eigenvalue weighted by Crippen LogP contribution is -2.49. The first-order valence-corrected chi connectivity index (χ1v) is 7.51. The first-order chi connectivity index (χ1) is 8.75. The van der Waals surface area contributed by atoms with Crippen LogP contribution < -0.4 is 5.73 Å². The van der Waals surface area contributed by atoms with Crippen molar-refractivity contribution in [3.05, 3.63) is 30.3 Å². The Morgan fingerprint density at radius 1 is 1.44 bits per heavy atom. The van der Waals surface area contributed by atoms with E-state index in [-0.39, 0.29) is 12.1 Å². The lowest BCUT2D eigenvalue weighted by Gasteiger charge is -2.34. The fraction of sp³-hybridized carbons (Fsp3) is 0.571. The summed E-state index contributed by atoms with van der Waals surface area (Å²) in [4.78, 5) is 3.79. The summed E-state index contributed by atoms with van der Waals surface area (Å²) in [5.41, 5.74) is 5.89. The summed E-state index contributed by atoms with van der Waals surface area (Å²) in [5, 5.41) is 0. The van der Waals surface area contributed by atoms with Crippen molar-refractivity contribution in [2.45, 2.75) is 24.0 Å². The molecule has 2 atom stereocenters. The highest BCUT2D eigenvalue weighted by atomic mass is 32.2. The molecular weight excluding hydrogens is 244 g/mol. The van der Waals surface area contributed by atoms with E-state index in [1.54, 1.807) is 0 Å². The Hall–Kier alpha value is -0.550. The van der Waals surface area contributed by atoms with Gasteiger partial charge < -0.3 is 10.5 Å². The van der Waals surface area contributed by atoms with E-state index in [1.807, 2.05) is 18.7 Å². The third kappa shape index (κ3) is 4.28. The SMILES string of the molecule is CC(N)C1CN(CCSc2ccccc2)CCO1. The number of nitrogens with two attached hydrogens (primary N) is 1. The van der Waals surface area contributed by atoms with Crippen LogP contribution in [-0.4, -0.2) is 49.0 Å². The van der Waals surface area contributed by atoms with Crippen molar-refractivity contribution in [3.8, 4) is 0 Å². The normalized spacial score (nSPS) is 22.9. The third-order valence-electron chi connectivity index (χ3n) is 3.18. The zero-order chi connectivity index (χ0) is 12.8. The van der Waals surface area contributed by atoms with Crippen molar-refractivity contribution in [2.24, 2.45) is 5.73 Å². The van der Waals surface area contributed by atoms with E-state index in [0.29, 0.717) is 0 Å². The maximum Gasteiger partial charge on any atom is 0.0850 e. The molecule has 2 N–H and O–H groups in total. The molecule has 0 aromatic heterocycles. The van der Waals surface area contributed by atoms with Gasteiger partial charge in [0.15, 0.2) is 0 Å². The molecule has 0 saturated carbocycles. The fourth-order valence-corrected chi connectivity index (χ4v) is 3.00. The van der Waals surface area contributed by atoms with Crippen molar-refractivity contribution >= 4 is 11.8 Å². The molecule has 2 unspecified atom stereocenters. The molecule has 0 aliphatic carbocycles. The minimum Gasteiger partial charge on any atom is -0.374 e. The monoisotopic (exact) mass is 266 g/mol. The molecule has 0 bridgehead atoms. The first-order valence-electron chi connectivity index (χ1n) is 6.53. The molecule has 1 aliphatic rings. The zero-order valence-corrected chi connectivity index (χ0v) is 11.7. The van der Waals surface area contributed by atoms with E-state index < -0.39 is 0 Å². The molecule has 1 aromatic rings. The molecule has 0 radical (unpaired) electrons. The summed E-state index contributed by atoms with van der Waals surface area (Å²) in [6.45, 7) is 5.92. The minimum absolute atomic E-state index is 0.120.